The standard InChI is InChI=1S/C16H22N2O3/c1-16(2,21-3)9-10-18-11-13(19)17-14(15(18)20)12-7-5-4-6-8-12/h4-8,14H,9-11H2,1-3H3,(H,17,19). The second kappa shape index (κ2) is 6.26. The van der Waals surface area contributed by atoms with Crippen molar-refractivity contribution in [2.24, 2.45) is 0 Å². The smallest absolute Gasteiger partial charge is 0.250 e. The number of nitrogens with zero attached hydrogens (tertiary/aromatic N) is 1. The second-order valence-corrected chi connectivity index (χ2v) is 5.88. The lowest BCUT2D eigenvalue weighted by molar-refractivity contribution is -0.145. The second-order valence-electron chi connectivity index (χ2n) is 5.88. The number of piperazine rings is 1. The fourth-order valence-electron chi connectivity index (χ4n) is 2.27. The zero-order chi connectivity index (χ0) is 15.5. The minimum Gasteiger partial charge on any atom is -0.379 e. The molecule has 2 rings (SSSR count). The van der Waals surface area contributed by atoms with E-state index in [0.29, 0.717) is 13.0 Å². The van der Waals surface area contributed by atoms with Crippen molar-refractivity contribution in [1.82, 2.24) is 10.2 Å². The zero-order valence-corrected chi connectivity index (χ0v) is 12.8. The molecule has 0 bridgehead atoms. The van der Waals surface area contributed by atoms with E-state index in [1.807, 2.05) is 44.2 Å². The Morgan fingerprint density at radius 2 is 1.95 bits per heavy atom. The van der Waals surface area contributed by atoms with Gasteiger partial charge in [-0.3, -0.25) is 9.59 Å². The molecule has 1 unspecified atom stereocenters. The first-order chi connectivity index (χ1) is 9.93. The summed E-state index contributed by atoms with van der Waals surface area (Å²) in [6.07, 6.45) is 0.685. The first-order valence-corrected chi connectivity index (χ1v) is 7.11. The number of hydrogen-bond acceptors (Lipinski definition) is 3. The molecule has 1 atom stereocenters. The lowest BCUT2D eigenvalue weighted by Gasteiger charge is -2.34. The van der Waals surface area contributed by atoms with Crippen LogP contribution in [0.15, 0.2) is 30.3 Å². The van der Waals surface area contributed by atoms with Crippen LogP contribution in [0, 0.1) is 0 Å². The molecule has 1 aromatic rings. The number of hydrogen-bond donors (Lipinski definition) is 1. The minimum absolute atomic E-state index is 0.0623. The lowest BCUT2D eigenvalue weighted by Crippen LogP contribution is -2.54. The lowest BCUT2D eigenvalue weighted by atomic mass is 10.0. The van der Waals surface area contributed by atoms with Crippen LogP contribution in [0.25, 0.3) is 0 Å². The molecule has 21 heavy (non-hydrogen) atoms. The number of carbonyl (C=O) groups excluding carboxylic acids is 2. The summed E-state index contributed by atoms with van der Waals surface area (Å²) in [4.78, 5) is 26.0. The van der Waals surface area contributed by atoms with E-state index in [9.17, 15) is 9.59 Å². The fraction of sp³-hybridized carbons (Fsp3) is 0.500. The third-order valence-electron chi connectivity index (χ3n) is 3.87. The fourth-order valence-corrected chi connectivity index (χ4v) is 2.27. The molecule has 1 aromatic carbocycles. The van der Waals surface area contributed by atoms with Crippen LogP contribution in [-0.2, 0) is 14.3 Å². The van der Waals surface area contributed by atoms with Crippen molar-refractivity contribution in [2.75, 3.05) is 20.2 Å². The van der Waals surface area contributed by atoms with Crippen molar-refractivity contribution in [3.63, 3.8) is 0 Å². The quantitative estimate of drug-likeness (QED) is 0.894. The zero-order valence-electron chi connectivity index (χ0n) is 12.8. The van der Waals surface area contributed by atoms with Crippen molar-refractivity contribution in [2.45, 2.75) is 31.9 Å². The molecular formula is C16H22N2O3. The number of methoxy groups -OCH3 is 1. The summed E-state index contributed by atoms with van der Waals surface area (Å²) >= 11 is 0. The Bertz CT molecular complexity index is 514. The van der Waals surface area contributed by atoms with Crippen molar-refractivity contribution < 1.29 is 14.3 Å². The van der Waals surface area contributed by atoms with E-state index in [1.165, 1.54) is 0 Å². The maximum atomic E-state index is 12.5. The molecule has 5 nitrogen and oxygen atoms in total. The molecule has 1 aliphatic rings. The van der Waals surface area contributed by atoms with Gasteiger partial charge in [0.1, 0.15) is 6.04 Å². The van der Waals surface area contributed by atoms with E-state index >= 15 is 0 Å². The van der Waals surface area contributed by atoms with Gasteiger partial charge in [-0.25, -0.2) is 0 Å². The third kappa shape index (κ3) is 3.82. The minimum atomic E-state index is -0.585. The van der Waals surface area contributed by atoms with Gasteiger partial charge in [-0.2, -0.15) is 0 Å². The molecule has 0 saturated carbocycles. The van der Waals surface area contributed by atoms with Gasteiger partial charge < -0.3 is 15.0 Å². The molecule has 1 heterocycles. The SMILES string of the molecule is COC(C)(C)CCN1CC(=O)NC(c2ccccc2)C1=O. The Labute approximate surface area is 125 Å². The summed E-state index contributed by atoms with van der Waals surface area (Å²) in [6, 6.07) is 8.73. The van der Waals surface area contributed by atoms with Crippen molar-refractivity contribution >= 4 is 11.8 Å². The van der Waals surface area contributed by atoms with Gasteiger partial charge in [0, 0.05) is 13.7 Å². The number of rotatable bonds is 5. The monoisotopic (exact) mass is 290 g/mol. The number of amides is 2. The molecule has 2 amide bonds. The predicted molar refractivity (Wildman–Crippen MR) is 79.6 cm³/mol. The molecule has 1 fully saturated rings. The molecule has 0 aliphatic carbocycles. The topological polar surface area (TPSA) is 58.6 Å². The van der Waals surface area contributed by atoms with Crippen LogP contribution < -0.4 is 5.32 Å². The molecule has 0 aromatic heterocycles. The van der Waals surface area contributed by atoms with Crippen LogP contribution in [0.3, 0.4) is 0 Å². The molecule has 5 heteroatoms. The summed E-state index contributed by atoms with van der Waals surface area (Å²) < 4.78 is 5.36. The molecular weight excluding hydrogens is 268 g/mol. The Balaban J connectivity index is 2.09. The van der Waals surface area contributed by atoms with Crippen LogP contribution in [-0.4, -0.2) is 42.5 Å². The molecule has 1 aliphatic heterocycles. The molecule has 0 spiro atoms. The Morgan fingerprint density at radius 1 is 1.29 bits per heavy atom. The Morgan fingerprint density at radius 3 is 2.57 bits per heavy atom. The highest BCUT2D eigenvalue weighted by atomic mass is 16.5. The van der Waals surface area contributed by atoms with Crippen molar-refractivity contribution in [1.29, 1.82) is 0 Å². The van der Waals surface area contributed by atoms with Gasteiger partial charge in [0.05, 0.1) is 12.1 Å². The highest BCUT2D eigenvalue weighted by Gasteiger charge is 2.34. The van der Waals surface area contributed by atoms with Gasteiger partial charge in [-0.1, -0.05) is 30.3 Å². The largest absolute Gasteiger partial charge is 0.379 e. The summed E-state index contributed by atoms with van der Waals surface area (Å²) in [7, 11) is 1.65. The maximum absolute atomic E-state index is 12.5. The molecule has 1 N–H and O–H groups in total. The summed E-state index contributed by atoms with van der Waals surface area (Å²) in [5, 5.41) is 2.76. The summed E-state index contributed by atoms with van der Waals surface area (Å²) in [5.74, 6) is -0.189. The molecule has 1 saturated heterocycles. The first-order valence-electron chi connectivity index (χ1n) is 7.11. The summed E-state index contributed by atoms with van der Waals surface area (Å²) in [5.41, 5.74) is 0.503. The average Bonchev–Trinajstić information content (AvgIpc) is 2.48. The van der Waals surface area contributed by atoms with Crippen LogP contribution >= 0.6 is 0 Å². The number of carbonyl (C=O) groups is 2. The van der Waals surface area contributed by atoms with Crippen LogP contribution in [0.2, 0.25) is 0 Å². The van der Waals surface area contributed by atoms with Gasteiger partial charge in [-0.05, 0) is 25.8 Å². The number of nitrogens with one attached hydrogen (secondary N) is 1. The van der Waals surface area contributed by atoms with Gasteiger partial charge in [-0.15, -0.1) is 0 Å². The van der Waals surface area contributed by atoms with E-state index in [1.54, 1.807) is 12.0 Å². The predicted octanol–water partition coefficient (Wildman–Crippen LogP) is 1.50. The average molecular weight is 290 g/mol. The number of ether oxygens (including phenoxy) is 1. The van der Waals surface area contributed by atoms with Gasteiger partial charge in [0.15, 0.2) is 0 Å². The van der Waals surface area contributed by atoms with Crippen molar-refractivity contribution in [3.8, 4) is 0 Å². The Hall–Kier alpha value is -1.88. The normalized spacial score (nSPS) is 19.6. The van der Waals surface area contributed by atoms with Crippen LogP contribution in [0.5, 0.6) is 0 Å². The molecule has 114 valence electrons. The van der Waals surface area contributed by atoms with Gasteiger partial charge >= 0.3 is 0 Å². The highest BCUT2D eigenvalue weighted by Crippen LogP contribution is 2.21. The van der Waals surface area contributed by atoms with Crippen molar-refractivity contribution in [3.05, 3.63) is 35.9 Å². The van der Waals surface area contributed by atoms with Crippen LogP contribution in [0.1, 0.15) is 31.9 Å². The maximum Gasteiger partial charge on any atom is 0.250 e. The highest BCUT2D eigenvalue weighted by molar-refractivity contribution is 5.95. The third-order valence-corrected chi connectivity index (χ3v) is 3.87. The van der Waals surface area contributed by atoms with E-state index in [-0.39, 0.29) is 24.0 Å². The molecule has 0 radical (unpaired) electrons. The van der Waals surface area contributed by atoms with E-state index < -0.39 is 6.04 Å². The Kier molecular flexibility index (Phi) is 4.63. The van der Waals surface area contributed by atoms with E-state index in [0.717, 1.165) is 5.56 Å². The first kappa shape index (κ1) is 15.5. The van der Waals surface area contributed by atoms with Gasteiger partial charge in [0.25, 0.3) is 0 Å². The van der Waals surface area contributed by atoms with E-state index in [2.05, 4.69) is 5.32 Å². The van der Waals surface area contributed by atoms with Gasteiger partial charge in [0.2, 0.25) is 11.8 Å². The van der Waals surface area contributed by atoms with Crippen LogP contribution in [0.4, 0.5) is 0 Å². The number of benzene rings is 1. The summed E-state index contributed by atoms with van der Waals surface area (Å²) in [6.45, 7) is 4.56. The van der Waals surface area contributed by atoms with E-state index in [4.69, 9.17) is 4.74 Å².